The third kappa shape index (κ3) is 6.11. The van der Waals surface area contributed by atoms with Gasteiger partial charge in [0, 0.05) is 36.1 Å². The van der Waals surface area contributed by atoms with E-state index in [1.54, 1.807) is 6.92 Å². The van der Waals surface area contributed by atoms with E-state index in [0.717, 1.165) is 28.3 Å². The number of halogens is 1. The van der Waals surface area contributed by atoms with Gasteiger partial charge < -0.3 is 9.47 Å². The third-order valence-corrected chi connectivity index (χ3v) is 6.21. The Hall–Kier alpha value is -2.70. The molecule has 4 heteroatoms. The molecule has 4 rings (SSSR count). The molecule has 0 aliphatic carbocycles. The van der Waals surface area contributed by atoms with Crippen molar-refractivity contribution < 1.29 is 4.79 Å². The van der Waals surface area contributed by atoms with Crippen molar-refractivity contribution in [3.63, 3.8) is 0 Å². The maximum atomic E-state index is 12.2. The van der Waals surface area contributed by atoms with Crippen LogP contribution in [0, 0.1) is 32.1 Å². The predicted octanol–water partition coefficient (Wildman–Crippen LogP) is 8.20. The molecule has 3 nitrogen and oxygen atoms in total. The highest BCUT2D eigenvalue weighted by atomic mass is 35.5. The molecule has 0 fully saturated rings. The molecule has 0 bridgehead atoms. The number of likely N-dealkylation sites (N-methyl/N-ethyl adjacent to an activating group) is 1. The molecule has 1 aliphatic rings. The molecule has 0 atom stereocenters. The second-order valence-electron chi connectivity index (χ2n) is 11.8. The van der Waals surface area contributed by atoms with E-state index in [1.165, 1.54) is 27.8 Å². The Morgan fingerprint density at radius 1 is 1.09 bits per heavy atom. The fraction of sp³-hybridized carbons (Fsp3) is 0.452. The number of terminal acetylenes is 1. The number of hydrogen-bond donors (Lipinski definition) is 0. The van der Waals surface area contributed by atoms with Crippen LogP contribution >= 0.6 is 11.6 Å². The van der Waals surface area contributed by atoms with Crippen molar-refractivity contribution in [1.29, 1.82) is 0 Å². The van der Waals surface area contributed by atoms with Gasteiger partial charge in [0.2, 0.25) is 0 Å². The lowest BCUT2D eigenvalue weighted by Gasteiger charge is -2.41. The number of carbonyl (C=O) groups excluding carboxylic acids is 1. The normalized spacial score (nSPS) is 14.0. The second-order valence-corrected chi connectivity index (χ2v) is 12.2. The van der Waals surface area contributed by atoms with Crippen molar-refractivity contribution in [2.24, 2.45) is 5.41 Å². The summed E-state index contributed by atoms with van der Waals surface area (Å²) in [5.74, 6) is 0.180. The Kier molecular flexibility index (Phi) is 8.57. The SMILES string of the molecule is C#C.CC(=O)Cc1c(C)c2c3c(cc(C)n3C(C)(C)CN2C)c1-c1ccc(Cl)cc1.CC(C)(C)C. The lowest BCUT2D eigenvalue weighted by atomic mass is 9.87. The smallest absolute Gasteiger partial charge is 0.134 e. The van der Waals surface area contributed by atoms with Crippen LogP contribution in [-0.2, 0) is 16.8 Å². The van der Waals surface area contributed by atoms with Crippen molar-refractivity contribution in [3.05, 3.63) is 52.2 Å². The summed E-state index contributed by atoms with van der Waals surface area (Å²) in [6.07, 6.45) is 8.44. The van der Waals surface area contributed by atoms with Gasteiger partial charge in [-0.05, 0) is 80.5 Å². The largest absolute Gasteiger partial charge is 0.370 e. The average molecular weight is 493 g/mol. The van der Waals surface area contributed by atoms with E-state index < -0.39 is 0 Å². The summed E-state index contributed by atoms with van der Waals surface area (Å²) in [6.45, 7) is 20.3. The number of anilines is 1. The van der Waals surface area contributed by atoms with Crippen LogP contribution in [0.3, 0.4) is 0 Å². The zero-order valence-corrected chi connectivity index (χ0v) is 23.9. The van der Waals surface area contributed by atoms with Crippen LogP contribution in [0.25, 0.3) is 22.0 Å². The van der Waals surface area contributed by atoms with Crippen LogP contribution in [0.15, 0.2) is 30.3 Å². The number of rotatable bonds is 3. The van der Waals surface area contributed by atoms with Gasteiger partial charge in [0.05, 0.1) is 16.7 Å². The number of benzene rings is 2. The van der Waals surface area contributed by atoms with E-state index in [1.807, 2.05) is 12.1 Å². The highest BCUT2D eigenvalue weighted by Gasteiger charge is 2.35. The van der Waals surface area contributed by atoms with E-state index in [2.05, 4.69) is 103 Å². The van der Waals surface area contributed by atoms with Gasteiger partial charge in [-0.25, -0.2) is 0 Å². The first-order valence-corrected chi connectivity index (χ1v) is 12.5. The van der Waals surface area contributed by atoms with E-state index in [-0.39, 0.29) is 11.3 Å². The summed E-state index contributed by atoms with van der Waals surface area (Å²) in [5.41, 5.74) is 8.87. The zero-order valence-electron chi connectivity index (χ0n) is 23.1. The van der Waals surface area contributed by atoms with Crippen molar-refractivity contribution >= 4 is 34.0 Å². The van der Waals surface area contributed by atoms with Gasteiger partial charge in [-0.15, -0.1) is 12.8 Å². The van der Waals surface area contributed by atoms with Crippen LogP contribution in [0.4, 0.5) is 5.69 Å². The Morgan fingerprint density at radius 3 is 2.09 bits per heavy atom. The molecule has 0 radical (unpaired) electrons. The molecule has 188 valence electrons. The van der Waals surface area contributed by atoms with Gasteiger partial charge in [-0.3, -0.25) is 4.79 Å². The first-order valence-electron chi connectivity index (χ1n) is 12.1. The molecule has 0 saturated carbocycles. The summed E-state index contributed by atoms with van der Waals surface area (Å²) in [4.78, 5) is 14.5. The minimum absolute atomic E-state index is 0.000613. The minimum Gasteiger partial charge on any atom is -0.370 e. The first kappa shape index (κ1) is 28.5. The van der Waals surface area contributed by atoms with Crippen molar-refractivity contribution in [2.45, 2.75) is 74.3 Å². The number of hydrogen-bond acceptors (Lipinski definition) is 2. The molecule has 0 N–H and O–H groups in total. The fourth-order valence-electron chi connectivity index (χ4n) is 5.13. The molecular formula is C31H41ClN2O. The Balaban J connectivity index is 0.000000551. The topological polar surface area (TPSA) is 25.2 Å². The maximum Gasteiger partial charge on any atom is 0.134 e. The molecule has 1 aliphatic heterocycles. The molecule has 1 aromatic heterocycles. The molecule has 0 spiro atoms. The highest BCUT2D eigenvalue weighted by molar-refractivity contribution is 6.30. The number of Topliss-reactive ketones (excluding diaryl/α,β-unsaturated/α-hetero) is 1. The average Bonchev–Trinajstić information content (AvgIpc) is 3.06. The summed E-state index contributed by atoms with van der Waals surface area (Å²) in [7, 11) is 2.16. The number of ketones is 1. The third-order valence-electron chi connectivity index (χ3n) is 5.96. The van der Waals surface area contributed by atoms with Crippen LogP contribution in [0.5, 0.6) is 0 Å². The predicted molar refractivity (Wildman–Crippen MR) is 154 cm³/mol. The van der Waals surface area contributed by atoms with Gasteiger partial charge in [-0.1, -0.05) is 51.4 Å². The summed E-state index contributed by atoms with van der Waals surface area (Å²) in [5, 5.41) is 1.94. The summed E-state index contributed by atoms with van der Waals surface area (Å²) < 4.78 is 2.47. The Labute approximate surface area is 217 Å². The van der Waals surface area contributed by atoms with Gasteiger partial charge in [0.25, 0.3) is 0 Å². The Bertz CT molecular complexity index is 1230. The molecule has 35 heavy (non-hydrogen) atoms. The maximum absolute atomic E-state index is 12.2. The van der Waals surface area contributed by atoms with E-state index in [0.29, 0.717) is 11.8 Å². The van der Waals surface area contributed by atoms with Crippen LogP contribution < -0.4 is 4.90 Å². The number of nitrogens with zero attached hydrogens (tertiary/aromatic N) is 2. The van der Waals surface area contributed by atoms with E-state index >= 15 is 0 Å². The lowest BCUT2D eigenvalue weighted by molar-refractivity contribution is -0.116. The monoisotopic (exact) mass is 492 g/mol. The Morgan fingerprint density at radius 2 is 1.60 bits per heavy atom. The number of aryl methyl sites for hydroxylation is 1. The van der Waals surface area contributed by atoms with Gasteiger partial charge >= 0.3 is 0 Å². The minimum atomic E-state index is -0.000613. The van der Waals surface area contributed by atoms with Crippen LogP contribution in [-0.4, -0.2) is 23.9 Å². The van der Waals surface area contributed by atoms with Crippen molar-refractivity contribution in [1.82, 2.24) is 4.57 Å². The summed E-state index contributed by atoms with van der Waals surface area (Å²) >= 11 is 6.15. The van der Waals surface area contributed by atoms with Crippen molar-refractivity contribution in [2.75, 3.05) is 18.5 Å². The van der Waals surface area contributed by atoms with Gasteiger partial charge in [0.1, 0.15) is 5.78 Å². The molecule has 2 heterocycles. The molecule has 0 saturated heterocycles. The molecule has 3 aromatic rings. The van der Waals surface area contributed by atoms with Crippen molar-refractivity contribution in [3.8, 4) is 24.0 Å². The van der Waals surface area contributed by atoms with E-state index in [9.17, 15) is 4.79 Å². The van der Waals surface area contributed by atoms with Crippen LogP contribution in [0.1, 0.15) is 65.3 Å². The van der Waals surface area contributed by atoms with Gasteiger partial charge in [-0.2, -0.15) is 0 Å². The fourth-order valence-corrected chi connectivity index (χ4v) is 5.25. The molecule has 0 unspecified atom stereocenters. The number of carbonyl (C=O) groups is 1. The van der Waals surface area contributed by atoms with E-state index in [4.69, 9.17) is 11.6 Å². The molecule has 0 amide bonds. The zero-order chi connectivity index (χ0) is 26.9. The quantitative estimate of drug-likeness (QED) is 0.344. The lowest BCUT2D eigenvalue weighted by Crippen LogP contribution is -2.43. The first-order chi connectivity index (χ1) is 16.1. The molecule has 2 aromatic carbocycles. The van der Waals surface area contributed by atoms with Gasteiger partial charge in [0.15, 0.2) is 0 Å². The standard InChI is InChI=1S/C24H27ClN2O.C5H12.C2H2/c1-14-11-20-21(17-7-9-18(25)10-8-17)19(12-15(2)28)16(3)22-23(20)27(14)24(4,5)13-26(22)6;1-5(2,3)4;1-2/h7-11H,12-13H2,1-6H3;1-4H3;1-2H. The highest BCUT2D eigenvalue weighted by Crippen LogP contribution is 2.47. The second kappa shape index (κ2) is 10.5. The summed E-state index contributed by atoms with van der Waals surface area (Å²) in [6, 6.07) is 10.3. The molecular weight excluding hydrogens is 452 g/mol. The number of aromatic nitrogens is 1. The van der Waals surface area contributed by atoms with Crippen LogP contribution in [0.2, 0.25) is 5.02 Å².